The Morgan fingerprint density at radius 3 is 2.76 bits per heavy atom. The molecule has 4 rings (SSSR count). The third kappa shape index (κ3) is 2.35. The Balaban J connectivity index is 2.09. The van der Waals surface area contributed by atoms with E-state index in [9.17, 15) is 9.59 Å². The van der Waals surface area contributed by atoms with Crippen molar-refractivity contribution < 1.29 is 14.3 Å². The number of allylic oxidation sites excluding steroid dienone is 1. The quantitative estimate of drug-likeness (QED) is 0.775. The first-order valence-corrected chi connectivity index (χ1v) is 8.89. The van der Waals surface area contributed by atoms with Crippen LogP contribution in [0.3, 0.4) is 0 Å². The summed E-state index contributed by atoms with van der Waals surface area (Å²) in [7, 11) is 1.63. The standard InChI is InChI=1S/C19H22N3O3/c1-3-21-18(23)14-11-20-16-13(9-6-10-15(16)25-2)17(14)22(19(21)24)12-7-4-5-8-12/h6,9-12,15H,3-5,7-8H2,1-2H3/q+1. The summed E-state index contributed by atoms with van der Waals surface area (Å²) in [6.07, 6.45) is 11.3. The predicted molar refractivity (Wildman–Crippen MR) is 92.4 cm³/mol. The summed E-state index contributed by atoms with van der Waals surface area (Å²) in [5, 5.41) is 1.54. The molecule has 6 nitrogen and oxygen atoms in total. The summed E-state index contributed by atoms with van der Waals surface area (Å²) in [4.78, 5) is 31.7. The highest BCUT2D eigenvalue weighted by Gasteiger charge is 2.44. The second kappa shape index (κ2) is 6.19. The zero-order valence-corrected chi connectivity index (χ0v) is 14.6. The molecule has 2 heterocycles. The van der Waals surface area contributed by atoms with E-state index in [1.165, 1.54) is 4.90 Å². The average molecular weight is 340 g/mol. The minimum atomic E-state index is -0.260. The van der Waals surface area contributed by atoms with E-state index in [1.54, 1.807) is 13.3 Å². The van der Waals surface area contributed by atoms with Gasteiger partial charge in [0.25, 0.3) is 0 Å². The van der Waals surface area contributed by atoms with Gasteiger partial charge in [-0.1, -0.05) is 6.08 Å². The second-order valence-electron chi connectivity index (χ2n) is 6.67. The number of carbonyl (C=O) groups is 2. The highest BCUT2D eigenvalue weighted by atomic mass is 16.5. The Morgan fingerprint density at radius 2 is 2.08 bits per heavy atom. The van der Waals surface area contributed by atoms with Crippen molar-refractivity contribution in [3.63, 3.8) is 0 Å². The Bertz CT molecular complexity index is 897. The molecule has 25 heavy (non-hydrogen) atoms. The van der Waals surface area contributed by atoms with Crippen LogP contribution in [-0.4, -0.2) is 41.5 Å². The molecule has 0 spiro atoms. The highest BCUT2D eigenvalue weighted by molar-refractivity contribution is 6.06. The van der Waals surface area contributed by atoms with Gasteiger partial charge in [0, 0.05) is 18.5 Å². The molecule has 1 atom stereocenters. The lowest BCUT2D eigenvalue weighted by Gasteiger charge is -2.24. The van der Waals surface area contributed by atoms with E-state index in [2.05, 4.69) is 4.98 Å². The first kappa shape index (κ1) is 16.1. The monoisotopic (exact) mass is 340 g/mol. The number of fused-ring (bicyclic) bond motifs is 3. The van der Waals surface area contributed by atoms with Gasteiger partial charge in [0.2, 0.25) is 0 Å². The highest BCUT2D eigenvalue weighted by Crippen LogP contribution is 2.22. The molecule has 2 aliphatic carbocycles. The summed E-state index contributed by atoms with van der Waals surface area (Å²) in [6, 6.07) is -0.0718. The molecule has 3 aliphatic rings. The van der Waals surface area contributed by atoms with Gasteiger partial charge in [-0.2, -0.15) is 14.3 Å². The molecular formula is C19H22N3O3+. The normalized spacial score (nSPS) is 22.9. The van der Waals surface area contributed by atoms with Crippen molar-refractivity contribution in [2.24, 2.45) is 0 Å². The molecule has 1 aromatic rings. The summed E-state index contributed by atoms with van der Waals surface area (Å²) in [5.41, 5.74) is 1.27. The van der Waals surface area contributed by atoms with Gasteiger partial charge in [-0.3, -0.25) is 4.98 Å². The van der Waals surface area contributed by atoms with Crippen LogP contribution in [0.25, 0.3) is 6.08 Å². The van der Waals surface area contributed by atoms with Crippen LogP contribution in [-0.2, 0) is 4.74 Å². The minimum absolute atomic E-state index is 0.139. The summed E-state index contributed by atoms with van der Waals surface area (Å²) >= 11 is 0. The Morgan fingerprint density at radius 1 is 1.32 bits per heavy atom. The number of hydrogen-bond acceptors (Lipinski definition) is 4. The lowest BCUT2D eigenvalue weighted by atomic mass is 10.0. The zero-order chi connectivity index (χ0) is 17.6. The summed E-state index contributed by atoms with van der Waals surface area (Å²) < 4.78 is 7.34. The van der Waals surface area contributed by atoms with Crippen molar-refractivity contribution in [2.75, 3.05) is 13.7 Å². The molecule has 1 aromatic heterocycles. The van der Waals surface area contributed by atoms with Gasteiger partial charge >= 0.3 is 11.9 Å². The van der Waals surface area contributed by atoms with E-state index in [-0.39, 0.29) is 24.1 Å². The van der Waals surface area contributed by atoms with Crippen molar-refractivity contribution in [2.45, 2.75) is 44.8 Å². The Kier molecular flexibility index (Phi) is 4.00. The lowest BCUT2D eigenvalue weighted by molar-refractivity contribution is 0.0777. The smallest absolute Gasteiger partial charge is 0.371 e. The fourth-order valence-electron chi connectivity index (χ4n) is 4.11. The number of methoxy groups -OCH3 is 1. The van der Waals surface area contributed by atoms with Crippen LogP contribution in [0.1, 0.15) is 54.8 Å². The first-order chi connectivity index (χ1) is 12.2. The number of hydrogen-bond donors (Lipinski definition) is 0. The lowest BCUT2D eigenvalue weighted by Crippen LogP contribution is -2.62. The number of ether oxygens (including phenoxy) is 1. The molecular weight excluding hydrogens is 318 g/mol. The number of amides is 3. The summed E-state index contributed by atoms with van der Waals surface area (Å²) in [5.74, 6) is -0.260. The van der Waals surface area contributed by atoms with E-state index in [0.717, 1.165) is 36.6 Å². The first-order valence-electron chi connectivity index (χ1n) is 8.89. The predicted octanol–water partition coefficient (Wildman–Crippen LogP) is 1.15. The van der Waals surface area contributed by atoms with Crippen LogP contribution in [0.15, 0.2) is 18.3 Å². The van der Waals surface area contributed by atoms with Crippen LogP contribution in [0.4, 0.5) is 4.79 Å². The van der Waals surface area contributed by atoms with Crippen molar-refractivity contribution in [3.05, 3.63) is 40.2 Å². The Hall–Kier alpha value is -2.34. The maximum Gasteiger partial charge on any atom is 0.501 e. The van der Waals surface area contributed by atoms with Gasteiger partial charge in [-0.15, -0.1) is 0 Å². The van der Waals surface area contributed by atoms with Gasteiger partial charge in [-0.25, -0.2) is 4.79 Å². The van der Waals surface area contributed by atoms with Gasteiger partial charge in [0.15, 0.2) is 5.36 Å². The molecule has 1 unspecified atom stereocenters. The molecule has 1 aliphatic heterocycles. The van der Waals surface area contributed by atoms with E-state index in [4.69, 9.17) is 4.74 Å². The van der Waals surface area contributed by atoms with E-state index in [1.807, 2.05) is 29.7 Å². The van der Waals surface area contributed by atoms with Crippen LogP contribution in [0.2, 0.25) is 0 Å². The fraction of sp³-hybridized carbons (Fsp3) is 0.474. The molecule has 0 N–H and O–H groups in total. The minimum Gasteiger partial charge on any atom is -0.371 e. The van der Waals surface area contributed by atoms with Crippen LogP contribution in [0.5, 0.6) is 0 Å². The number of rotatable bonds is 3. The van der Waals surface area contributed by atoms with Crippen LogP contribution < -0.4 is 15.2 Å². The number of imide groups is 1. The van der Waals surface area contributed by atoms with E-state index < -0.39 is 0 Å². The molecule has 0 bridgehead atoms. The largest absolute Gasteiger partial charge is 0.501 e. The topological polar surface area (TPSA) is 62.5 Å². The van der Waals surface area contributed by atoms with E-state index in [0.29, 0.717) is 17.5 Å². The maximum absolute atomic E-state index is 13.1. The fourth-order valence-corrected chi connectivity index (χ4v) is 4.11. The molecule has 0 saturated heterocycles. The molecule has 1 saturated carbocycles. The SMILES string of the molecule is CCN1C(=O)c2cnc3c(c2=[N+](C2CCCC2)C1=O)=CC=CC3OC. The molecule has 3 amide bonds. The number of pyridine rings is 1. The molecule has 0 aromatic carbocycles. The van der Waals surface area contributed by atoms with Gasteiger partial charge in [-0.05, 0) is 44.8 Å². The molecule has 0 radical (unpaired) electrons. The molecule has 130 valence electrons. The number of urea groups is 1. The van der Waals surface area contributed by atoms with E-state index >= 15 is 0 Å². The zero-order valence-electron chi connectivity index (χ0n) is 14.6. The summed E-state index contributed by atoms with van der Waals surface area (Å²) in [6.45, 7) is 2.19. The third-order valence-electron chi connectivity index (χ3n) is 5.35. The van der Waals surface area contributed by atoms with Crippen LogP contribution in [0, 0.1) is 0 Å². The average Bonchev–Trinajstić information content (AvgIpc) is 3.15. The van der Waals surface area contributed by atoms with Crippen molar-refractivity contribution in [1.29, 1.82) is 0 Å². The van der Waals surface area contributed by atoms with Crippen molar-refractivity contribution in [1.82, 2.24) is 14.5 Å². The third-order valence-corrected chi connectivity index (χ3v) is 5.35. The van der Waals surface area contributed by atoms with Gasteiger partial charge in [0.1, 0.15) is 17.7 Å². The van der Waals surface area contributed by atoms with Gasteiger partial charge in [0.05, 0.1) is 12.2 Å². The number of carbonyl (C=O) groups excluding carboxylic acids is 2. The van der Waals surface area contributed by atoms with Gasteiger partial charge < -0.3 is 4.74 Å². The second-order valence-corrected chi connectivity index (χ2v) is 6.67. The van der Waals surface area contributed by atoms with Crippen molar-refractivity contribution in [3.8, 4) is 0 Å². The maximum atomic E-state index is 13.1. The molecule has 1 fully saturated rings. The molecule has 6 heteroatoms. The number of nitrogens with zero attached hydrogens (tertiary/aromatic N) is 3. The van der Waals surface area contributed by atoms with Crippen molar-refractivity contribution >= 4 is 18.0 Å². The Labute approximate surface area is 146 Å². The van der Waals surface area contributed by atoms with Crippen LogP contribution >= 0.6 is 0 Å². The number of aromatic nitrogens is 1.